The Morgan fingerprint density at radius 2 is 2.27 bits per heavy atom. The molecule has 3 nitrogen and oxygen atoms in total. The molecule has 0 fully saturated rings. The summed E-state index contributed by atoms with van der Waals surface area (Å²) in [5.41, 5.74) is 1.69. The van der Waals surface area contributed by atoms with Gasteiger partial charge < -0.3 is 4.57 Å². The van der Waals surface area contributed by atoms with Crippen molar-refractivity contribution in [3.63, 3.8) is 0 Å². The predicted octanol–water partition coefficient (Wildman–Crippen LogP) is 2.65. The van der Waals surface area contributed by atoms with Crippen molar-refractivity contribution in [2.24, 2.45) is 0 Å². The maximum Gasteiger partial charge on any atom is 0.164 e. The summed E-state index contributed by atoms with van der Waals surface area (Å²) in [6.45, 7) is 4.77. The van der Waals surface area contributed by atoms with E-state index in [0.29, 0.717) is 6.42 Å². The van der Waals surface area contributed by atoms with Crippen LogP contribution >= 0.6 is 0 Å². The molecule has 0 atom stereocenters. The molecule has 0 aliphatic carbocycles. The Balaban J connectivity index is 2.70. The Morgan fingerprint density at radius 1 is 1.47 bits per heavy atom. The van der Waals surface area contributed by atoms with E-state index >= 15 is 0 Å². The first kappa shape index (κ1) is 9.90. The number of rotatable bonds is 3. The zero-order valence-corrected chi connectivity index (χ0v) is 9.03. The van der Waals surface area contributed by atoms with Crippen molar-refractivity contribution in [2.75, 3.05) is 0 Å². The second kappa shape index (κ2) is 3.85. The lowest BCUT2D eigenvalue weighted by Crippen LogP contribution is -1.95. The van der Waals surface area contributed by atoms with Gasteiger partial charge in [-0.1, -0.05) is 6.92 Å². The highest BCUT2D eigenvalue weighted by Crippen LogP contribution is 2.20. The number of pyridine rings is 1. The first-order chi connectivity index (χ1) is 7.27. The van der Waals surface area contributed by atoms with Crippen LogP contribution in [0, 0.1) is 0 Å². The van der Waals surface area contributed by atoms with E-state index in [9.17, 15) is 4.79 Å². The van der Waals surface area contributed by atoms with E-state index in [0.717, 1.165) is 23.1 Å². The minimum atomic E-state index is 0.181. The van der Waals surface area contributed by atoms with Gasteiger partial charge in [-0.15, -0.1) is 0 Å². The molecule has 0 aromatic carbocycles. The summed E-state index contributed by atoms with van der Waals surface area (Å²) in [5.74, 6) is 0.181. The van der Waals surface area contributed by atoms with Crippen LogP contribution in [0.5, 0.6) is 0 Å². The molecule has 0 N–H and O–H groups in total. The molecule has 2 heterocycles. The molecule has 0 saturated carbocycles. The van der Waals surface area contributed by atoms with Crippen molar-refractivity contribution in [1.82, 2.24) is 9.55 Å². The van der Waals surface area contributed by atoms with Gasteiger partial charge in [0.25, 0.3) is 0 Å². The average molecular weight is 202 g/mol. The van der Waals surface area contributed by atoms with Gasteiger partial charge in [0, 0.05) is 36.3 Å². The van der Waals surface area contributed by atoms with Gasteiger partial charge in [-0.05, 0) is 19.1 Å². The number of carbonyl (C=O) groups excluding carboxylic acids is 1. The third kappa shape index (κ3) is 1.54. The predicted molar refractivity (Wildman–Crippen MR) is 60.0 cm³/mol. The largest absolute Gasteiger partial charge is 0.332 e. The van der Waals surface area contributed by atoms with Crippen LogP contribution in [0.3, 0.4) is 0 Å². The summed E-state index contributed by atoms with van der Waals surface area (Å²) >= 11 is 0. The van der Waals surface area contributed by atoms with Gasteiger partial charge in [0.05, 0.1) is 0 Å². The molecule has 0 aliphatic heterocycles. The van der Waals surface area contributed by atoms with Gasteiger partial charge >= 0.3 is 0 Å². The minimum Gasteiger partial charge on any atom is -0.332 e. The molecule has 2 aromatic heterocycles. The molecule has 0 bridgehead atoms. The molecule has 0 spiro atoms. The molecular formula is C12H14N2O. The first-order valence-electron chi connectivity index (χ1n) is 5.25. The number of aryl methyl sites for hydroxylation is 1. The highest BCUT2D eigenvalue weighted by atomic mass is 16.1. The summed E-state index contributed by atoms with van der Waals surface area (Å²) in [6.07, 6.45) is 4.20. The van der Waals surface area contributed by atoms with E-state index in [1.54, 1.807) is 6.20 Å². The molecule has 0 unspecified atom stereocenters. The Labute approximate surface area is 88.7 Å². The number of ketones is 1. The number of hydrogen-bond acceptors (Lipinski definition) is 2. The standard InChI is InChI=1S/C12H14N2O/c1-3-11(15)10-8-14(4-2)12-9(10)6-5-7-13-12/h5-8H,3-4H2,1-2H3. The Kier molecular flexibility index (Phi) is 2.54. The number of nitrogens with zero attached hydrogens (tertiary/aromatic N) is 2. The first-order valence-corrected chi connectivity index (χ1v) is 5.25. The van der Waals surface area contributed by atoms with Gasteiger partial charge in [0.2, 0.25) is 0 Å². The summed E-state index contributed by atoms with van der Waals surface area (Å²) in [5, 5.41) is 0.964. The fourth-order valence-corrected chi connectivity index (χ4v) is 1.78. The highest BCUT2D eigenvalue weighted by molar-refractivity contribution is 6.07. The van der Waals surface area contributed by atoms with Crippen molar-refractivity contribution >= 4 is 16.8 Å². The van der Waals surface area contributed by atoms with Crippen molar-refractivity contribution in [3.05, 3.63) is 30.1 Å². The zero-order chi connectivity index (χ0) is 10.8. The smallest absolute Gasteiger partial charge is 0.164 e. The third-order valence-electron chi connectivity index (χ3n) is 2.60. The van der Waals surface area contributed by atoms with E-state index in [2.05, 4.69) is 4.98 Å². The topological polar surface area (TPSA) is 34.9 Å². The maximum absolute atomic E-state index is 11.7. The molecule has 2 aromatic rings. The van der Waals surface area contributed by atoms with Gasteiger partial charge in [-0.3, -0.25) is 4.79 Å². The lowest BCUT2D eigenvalue weighted by atomic mass is 10.1. The summed E-state index contributed by atoms with van der Waals surface area (Å²) in [7, 11) is 0. The van der Waals surface area contributed by atoms with E-state index in [4.69, 9.17) is 0 Å². The monoisotopic (exact) mass is 202 g/mol. The Hall–Kier alpha value is -1.64. The Morgan fingerprint density at radius 3 is 2.93 bits per heavy atom. The van der Waals surface area contributed by atoms with Crippen molar-refractivity contribution in [1.29, 1.82) is 0 Å². The number of fused-ring (bicyclic) bond motifs is 1. The van der Waals surface area contributed by atoms with Gasteiger partial charge in [0.1, 0.15) is 5.65 Å². The molecule has 0 radical (unpaired) electrons. The molecule has 0 aliphatic rings. The number of hydrogen-bond donors (Lipinski definition) is 0. The van der Waals surface area contributed by atoms with E-state index < -0.39 is 0 Å². The third-order valence-corrected chi connectivity index (χ3v) is 2.60. The fraction of sp³-hybridized carbons (Fsp3) is 0.333. The van der Waals surface area contributed by atoms with Crippen LogP contribution in [0.1, 0.15) is 30.6 Å². The molecule has 15 heavy (non-hydrogen) atoms. The highest BCUT2D eigenvalue weighted by Gasteiger charge is 2.12. The lowest BCUT2D eigenvalue weighted by molar-refractivity contribution is 0.0989. The number of Topliss-reactive ketones (excluding diaryl/α,β-unsaturated/α-hetero) is 1. The maximum atomic E-state index is 11.7. The summed E-state index contributed by atoms with van der Waals surface area (Å²) in [6, 6.07) is 3.83. The van der Waals surface area contributed by atoms with E-state index in [1.165, 1.54) is 0 Å². The van der Waals surface area contributed by atoms with Crippen LogP contribution in [-0.2, 0) is 6.54 Å². The van der Waals surface area contributed by atoms with Crippen LogP contribution in [0.25, 0.3) is 11.0 Å². The van der Waals surface area contributed by atoms with E-state index in [1.807, 2.05) is 36.7 Å². The summed E-state index contributed by atoms with van der Waals surface area (Å²) in [4.78, 5) is 16.0. The van der Waals surface area contributed by atoms with Crippen LogP contribution in [0.2, 0.25) is 0 Å². The van der Waals surface area contributed by atoms with Gasteiger partial charge in [0.15, 0.2) is 5.78 Å². The molecule has 3 heteroatoms. The van der Waals surface area contributed by atoms with Crippen molar-refractivity contribution in [3.8, 4) is 0 Å². The molecule has 78 valence electrons. The normalized spacial score (nSPS) is 10.8. The second-order valence-electron chi connectivity index (χ2n) is 3.48. The molecule has 0 amide bonds. The quantitative estimate of drug-likeness (QED) is 0.717. The average Bonchev–Trinajstić information content (AvgIpc) is 2.67. The van der Waals surface area contributed by atoms with Crippen molar-refractivity contribution in [2.45, 2.75) is 26.8 Å². The fourth-order valence-electron chi connectivity index (χ4n) is 1.78. The molecular weight excluding hydrogens is 188 g/mol. The van der Waals surface area contributed by atoms with Crippen LogP contribution < -0.4 is 0 Å². The van der Waals surface area contributed by atoms with Crippen LogP contribution in [-0.4, -0.2) is 15.3 Å². The van der Waals surface area contributed by atoms with Crippen LogP contribution in [0.15, 0.2) is 24.5 Å². The second-order valence-corrected chi connectivity index (χ2v) is 3.48. The lowest BCUT2D eigenvalue weighted by Gasteiger charge is -1.96. The number of aromatic nitrogens is 2. The van der Waals surface area contributed by atoms with Gasteiger partial charge in [-0.2, -0.15) is 0 Å². The SMILES string of the molecule is CCC(=O)c1cn(CC)c2ncccc12. The Bertz CT molecular complexity index is 499. The molecule has 0 saturated heterocycles. The van der Waals surface area contributed by atoms with E-state index in [-0.39, 0.29) is 5.78 Å². The van der Waals surface area contributed by atoms with Crippen LogP contribution in [0.4, 0.5) is 0 Å². The zero-order valence-electron chi connectivity index (χ0n) is 9.03. The minimum absolute atomic E-state index is 0.181. The molecule has 2 rings (SSSR count). The van der Waals surface area contributed by atoms with Crippen molar-refractivity contribution < 1.29 is 4.79 Å². The van der Waals surface area contributed by atoms with Gasteiger partial charge in [-0.25, -0.2) is 4.98 Å². The summed E-state index contributed by atoms with van der Waals surface area (Å²) < 4.78 is 2.01. The number of carbonyl (C=O) groups is 1.